The van der Waals surface area contributed by atoms with Gasteiger partial charge < -0.3 is 10.1 Å². The van der Waals surface area contributed by atoms with E-state index < -0.39 is 5.97 Å². The summed E-state index contributed by atoms with van der Waals surface area (Å²) in [4.78, 5) is 15.8. The molecule has 0 radical (unpaired) electrons. The van der Waals surface area contributed by atoms with Gasteiger partial charge in [0.2, 0.25) is 0 Å². The molecule has 0 fully saturated rings. The van der Waals surface area contributed by atoms with Crippen molar-refractivity contribution >= 4 is 45.4 Å². The zero-order valence-electron chi connectivity index (χ0n) is 9.82. The Balaban J connectivity index is 2.07. The Bertz CT molecular complexity index is 565. The molecule has 2 aromatic rings. The van der Waals surface area contributed by atoms with Crippen molar-refractivity contribution in [1.82, 2.24) is 4.98 Å². The molecule has 0 aromatic carbocycles. The minimum atomic E-state index is -0.461. The first-order valence-electron chi connectivity index (χ1n) is 5.12. The van der Waals surface area contributed by atoms with Gasteiger partial charge in [-0.05, 0) is 28.8 Å². The van der Waals surface area contributed by atoms with Gasteiger partial charge in [-0.25, -0.2) is 9.78 Å². The Morgan fingerprint density at radius 2 is 2.33 bits per heavy atom. The number of aromatic nitrogens is 1. The molecular weight excluding hydrogens is 292 g/mol. The monoisotopic (exact) mass is 302 g/mol. The number of thiophene rings is 1. The van der Waals surface area contributed by atoms with Crippen LogP contribution in [0, 0.1) is 6.92 Å². The maximum absolute atomic E-state index is 11.4. The summed E-state index contributed by atoms with van der Waals surface area (Å²) in [5.74, 6) is -0.461. The van der Waals surface area contributed by atoms with E-state index >= 15 is 0 Å². The first-order valence-corrected chi connectivity index (χ1v) is 7.25. The third-order valence-electron chi connectivity index (χ3n) is 2.35. The largest absolute Gasteiger partial charge is 0.465 e. The standard InChI is InChI=1S/C11H11ClN2O2S2/c1-6-4-17-5-7(6)3-13-11-14-9(12)8(18-11)10(15)16-2/h4-5H,3H2,1-2H3,(H,13,14). The third-order valence-corrected chi connectivity index (χ3v) is 4.64. The van der Waals surface area contributed by atoms with E-state index in [4.69, 9.17) is 11.6 Å². The average molecular weight is 303 g/mol. The number of nitrogens with zero attached hydrogens (tertiary/aromatic N) is 1. The average Bonchev–Trinajstić information content (AvgIpc) is 2.92. The van der Waals surface area contributed by atoms with Crippen LogP contribution in [-0.4, -0.2) is 18.1 Å². The number of carbonyl (C=O) groups is 1. The molecule has 96 valence electrons. The number of esters is 1. The lowest BCUT2D eigenvalue weighted by Crippen LogP contribution is -1.98. The Labute approximate surface area is 118 Å². The summed E-state index contributed by atoms with van der Waals surface area (Å²) in [5, 5.41) is 8.11. The molecule has 0 aliphatic heterocycles. The molecule has 0 bridgehead atoms. The first kappa shape index (κ1) is 13.3. The molecule has 0 amide bonds. The van der Waals surface area contributed by atoms with Crippen LogP contribution >= 0.6 is 34.3 Å². The summed E-state index contributed by atoms with van der Waals surface area (Å²) in [7, 11) is 1.32. The summed E-state index contributed by atoms with van der Waals surface area (Å²) in [6.45, 7) is 2.72. The Hall–Kier alpha value is -1.11. The maximum atomic E-state index is 11.4. The zero-order valence-corrected chi connectivity index (χ0v) is 12.2. The molecule has 4 nitrogen and oxygen atoms in total. The second-order valence-electron chi connectivity index (χ2n) is 3.56. The van der Waals surface area contributed by atoms with Crippen molar-refractivity contribution in [3.63, 3.8) is 0 Å². The quantitative estimate of drug-likeness (QED) is 0.877. The van der Waals surface area contributed by atoms with Gasteiger partial charge in [-0.15, -0.1) is 0 Å². The highest BCUT2D eigenvalue weighted by Crippen LogP contribution is 2.28. The van der Waals surface area contributed by atoms with Crippen LogP contribution in [0.4, 0.5) is 5.13 Å². The highest BCUT2D eigenvalue weighted by atomic mass is 35.5. The van der Waals surface area contributed by atoms with Gasteiger partial charge in [-0.2, -0.15) is 11.3 Å². The van der Waals surface area contributed by atoms with Gasteiger partial charge in [0.05, 0.1) is 7.11 Å². The fraction of sp³-hybridized carbons (Fsp3) is 0.273. The van der Waals surface area contributed by atoms with Gasteiger partial charge in [0, 0.05) is 6.54 Å². The Morgan fingerprint density at radius 1 is 1.56 bits per heavy atom. The number of halogens is 1. The lowest BCUT2D eigenvalue weighted by atomic mass is 10.2. The van der Waals surface area contributed by atoms with Crippen molar-refractivity contribution in [1.29, 1.82) is 0 Å². The van der Waals surface area contributed by atoms with Crippen LogP contribution in [0.1, 0.15) is 20.8 Å². The molecule has 0 saturated heterocycles. The third kappa shape index (κ3) is 2.82. The maximum Gasteiger partial charge on any atom is 0.351 e. The molecule has 0 unspecified atom stereocenters. The summed E-state index contributed by atoms with van der Waals surface area (Å²) in [6, 6.07) is 0. The van der Waals surface area contributed by atoms with Crippen LogP contribution < -0.4 is 5.32 Å². The lowest BCUT2D eigenvalue weighted by Gasteiger charge is -2.01. The van der Waals surface area contributed by atoms with Gasteiger partial charge in [0.15, 0.2) is 15.2 Å². The fourth-order valence-electron chi connectivity index (χ4n) is 1.33. The Morgan fingerprint density at radius 3 is 2.94 bits per heavy atom. The van der Waals surface area contributed by atoms with Crippen LogP contribution in [0.3, 0.4) is 0 Å². The number of ether oxygens (including phenoxy) is 1. The van der Waals surface area contributed by atoms with Crippen LogP contribution in [-0.2, 0) is 11.3 Å². The van der Waals surface area contributed by atoms with Crippen LogP contribution in [0.15, 0.2) is 10.8 Å². The van der Waals surface area contributed by atoms with E-state index in [1.54, 1.807) is 11.3 Å². The normalized spacial score (nSPS) is 10.4. The van der Waals surface area contributed by atoms with E-state index in [0.717, 1.165) is 0 Å². The van der Waals surface area contributed by atoms with E-state index in [1.165, 1.54) is 29.6 Å². The number of hydrogen-bond donors (Lipinski definition) is 1. The van der Waals surface area contributed by atoms with E-state index in [-0.39, 0.29) is 5.15 Å². The molecule has 0 aliphatic carbocycles. The number of aryl methyl sites for hydroxylation is 1. The minimum Gasteiger partial charge on any atom is -0.465 e. The van der Waals surface area contributed by atoms with Crippen molar-refractivity contribution in [2.24, 2.45) is 0 Å². The van der Waals surface area contributed by atoms with Gasteiger partial charge in [0.1, 0.15) is 0 Å². The number of thiazole rings is 1. The molecule has 18 heavy (non-hydrogen) atoms. The number of methoxy groups -OCH3 is 1. The van der Waals surface area contributed by atoms with Crippen LogP contribution in [0.5, 0.6) is 0 Å². The number of hydrogen-bond acceptors (Lipinski definition) is 6. The van der Waals surface area contributed by atoms with Gasteiger partial charge >= 0.3 is 5.97 Å². The second-order valence-corrected chi connectivity index (χ2v) is 5.66. The van der Waals surface area contributed by atoms with Crippen molar-refractivity contribution in [2.45, 2.75) is 13.5 Å². The van der Waals surface area contributed by atoms with E-state index in [0.29, 0.717) is 16.6 Å². The van der Waals surface area contributed by atoms with Crippen LogP contribution in [0.2, 0.25) is 5.15 Å². The molecule has 2 aromatic heterocycles. The van der Waals surface area contributed by atoms with Crippen molar-refractivity contribution < 1.29 is 9.53 Å². The zero-order chi connectivity index (χ0) is 13.1. The molecule has 0 aliphatic rings. The topological polar surface area (TPSA) is 51.2 Å². The number of anilines is 1. The summed E-state index contributed by atoms with van der Waals surface area (Å²) in [6.07, 6.45) is 0. The van der Waals surface area contributed by atoms with E-state index in [1.807, 2.05) is 0 Å². The van der Waals surface area contributed by atoms with Gasteiger partial charge in [0.25, 0.3) is 0 Å². The molecule has 1 N–H and O–H groups in total. The predicted molar refractivity (Wildman–Crippen MR) is 74.8 cm³/mol. The van der Waals surface area contributed by atoms with E-state index in [2.05, 4.69) is 32.7 Å². The van der Waals surface area contributed by atoms with Crippen molar-refractivity contribution in [3.8, 4) is 0 Å². The van der Waals surface area contributed by atoms with Gasteiger partial charge in [-0.3, -0.25) is 0 Å². The summed E-state index contributed by atoms with van der Waals surface area (Å²) < 4.78 is 4.62. The molecule has 0 saturated carbocycles. The molecule has 0 spiro atoms. The van der Waals surface area contributed by atoms with Crippen molar-refractivity contribution in [3.05, 3.63) is 31.9 Å². The van der Waals surface area contributed by atoms with E-state index in [9.17, 15) is 4.79 Å². The highest BCUT2D eigenvalue weighted by molar-refractivity contribution is 7.18. The molecule has 2 rings (SSSR count). The molecule has 7 heteroatoms. The molecular formula is C11H11ClN2O2S2. The highest BCUT2D eigenvalue weighted by Gasteiger charge is 2.17. The number of nitrogens with one attached hydrogen (secondary N) is 1. The number of carbonyl (C=O) groups excluding carboxylic acids is 1. The summed E-state index contributed by atoms with van der Waals surface area (Å²) >= 11 is 8.73. The van der Waals surface area contributed by atoms with Crippen LogP contribution in [0.25, 0.3) is 0 Å². The summed E-state index contributed by atoms with van der Waals surface area (Å²) in [5.41, 5.74) is 2.45. The molecule has 2 heterocycles. The Kier molecular flexibility index (Phi) is 4.21. The minimum absolute atomic E-state index is 0.177. The lowest BCUT2D eigenvalue weighted by molar-refractivity contribution is 0.0606. The fourth-order valence-corrected chi connectivity index (χ4v) is 3.29. The molecule has 0 atom stereocenters. The SMILES string of the molecule is COC(=O)c1sc(NCc2cscc2C)nc1Cl. The number of rotatable bonds is 4. The van der Waals surface area contributed by atoms with Crippen molar-refractivity contribution in [2.75, 3.05) is 12.4 Å². The second kappa shape index (κ2) is 5.69. The first-order chi connectivity index (χ1) is 8.61. The van der Waals surface area contributed by atoms with Gasteiger partial charge in [-0.1, -0.05) is 22.9 Å². The predicted octanol–water partition coefficient (Wildman–Crippen LogP) is 3.57. The smallest absolute Gasteiger partial charge is 0.351 e.